The predicted molar refractivity (Wildman–Crippen MR) is 41.7 cm³/mol. The molecule has 0 radical (unpaired) electrons. The summed E-state index contributed by atoms with van der Waals surface area (Å²) in [6.07, 6.45) is -12.3. The smallest absolute Gasteiger partial charge is 0.248 e. The molecule has 0 unspecified atom stereocenters. The van der Waals surface area contributed by atoms with Gasteiger partial charge in [-0.3, -0.25) is 9.63 Å². The predicted octanol–water partition coefficient (Wildman–Crippen LogP) is 1.20. The maximum Gasteiger partial charge on any atom is 0.248 e. The van der Waals surface area contributed by atoms with E-state index >= 15 is 0 Å². The molecule has 0 spiro atoms. The lowest BCUT2D eigenvalue weighted by Crippen LogP contribution is -2.30. The number of hydroxylamine groups is 2. The van der Waals surface area contributed by atoms with Crippen LogP contribution in [0.2, 0.25) is 0 Å². The molecule has 3 heteroatoms. The van der Waals surface area contributed by atoms with E-state index in [1.54, 1.807) is 0 Å². The SMILES string of the molecule is [2H]C1([2H])C(C(=O)N(C)OC)C([2H])([2H])C([2H])([2H])C1([2H])[2H]. The molecule has 0 aromatic heterocycles. The highest BCUT2D eigenvalue weighted by molar-refractivity contribution is 5.77. The van der Waals surface area contributed by atoms with E-state index in [1.807, 2.05) is 0 Å². The average molecular weight is 165 g/mol. The zero-order valence-electron chi connectivity index (χ0n) is 14.3. The molecule has 0 aliphatic heterocycles. The van der Waals surface area contributed by atoms with E-state index in [9.17, 15) is 4.79 Å². The Kier molecular flexibility index (Phi) is 0.922. The van der Waals surface area contributed by atoms with Crippen molar-refractivity contribution in [1.82, 2.24) is 5.06 Å². The summed E-state index contributed by atoms with van der Waals surface area (Å²) in [6.45, 7) is 0. The van der Waals surface area contributed by atoms with Crippen LogP contribution in [-0.4, -0.2) is 25.1 Å². The lowest BCUT2D eigenvalue weighted by Gasteiger charge is -2.17. The van der Waals surface area contributed by atoms with E-state index in [0.29, 0.717) is 5.06 Å². The molecule has 0 saturated heterocycles. The van der Waals surface area contributed by atoms with Crippen LogP contribution >= 0.6 is 0 Å². The van der Waals surface area contributed by atoms with Gasteiger partial charge in [-0.05, 0) is 12.7 Å². The molecule has 0 heterocycles. The summed E-state index contributed by atoms with van der Waals surface area (Å²) in [5.74, 6) is -3.29. The van der Waals surface area contributed by atoms with Crippen molar-refractivity contribution in [3.05, 3.63) is 0 Å². The number of hydrogen-bond donors (Lipinski definition) is 0. The molecule has 1 aliphatic rings. The fourth-order valence-electron chi connectivity index (χ4n) is 0.648. The van der Waals surface area contributed by atoms with Gasteiger partial charge in [0.05, 0.1) is 7.11 Å². The first kappa shape index (κ1) is 2.73. The van der Waals surface area contributed by atoms with Crippen LogP contribution in [0.4, 0.5) is 0 Å². The van der Waals surface area contributed by atoms with Crippen LogP contribution in [0.3, 0.4) is 0 Å². The number of carbonyl (C=O) groups is 1. The van der Waals surface area contributed by atoms with Crippen LogP contribution in [0.15, 0.2) is 0 Å². The van der Waals surface area contributed by atoms with Crippen molar-refractivity contribution >= 4 is 5.91 Å². The molecule has 1 saturated carbocycles. The molecule has 0 aromatic rings. The van der Waals surface area contributed by atoms with Gasteiger partial charge in [-0.25, -0.2) is 5.06 Å². The molecule has 1 fully saturated rings. The first-order valence-corrected chi connectivity index (χ1v) is 3.08. The molecule has 1 rings (SSSR count). The fraction of sp³-hybridized carbons (Fsp3) is 0.875. The van der Waals surface area contributed by atoms with E-state index in [0.717, 1.165) is 14.2 Å². The Labute approximate surface area is 78.5 Å². The van der Waals surface area contributed by atoms with Crippen molar-refractivity contribution in [3.8, 4) is 0 Å². The van der Waals surface area contributed by atoms with Gasteiger partial charge in [-0.2, -0.15) is 0 Å². The molecule has 3 nitrogen and oxygen atoms in total. The highest BCUT2D eigenvalue weighted by Gasteiger charge is 2.25. The van der Waals surface area contributed by atoms with E-state index in [2.05, 4.69) is 4.84 Å². The largest absolute Gasteiger partial charge is 0.275 e. The molecule has 0 atom stereocenters. The fourth-order valence-corrected chi connectivity index (χ4v) is 0.648. The van der Waals surface area contributed by atoms with Crippen molar-refractivity contribution in [2.24, 2.45) is 5.92 Å². The number of rotatable bonds is 2. The molecular weight excluding hydrogens is 142 g/mol. The second-order valence-electron chi connectivity index (χ2n) is 1.99. The minimum atomic E-state index is -3.15. The lowest BCUT2D eigenvalue weighted by molar-refractivity contribution is -0.173. The van der Waals surface area contributed by atoms with Crippen LogP contribution in [0.25, 0.3) is 0 Å². The van der Waals surface area contributed by atoms with Crippen LogP contribution in [0.5, 0.6) is 0 Å². The van der Waals surface area contributed by atoms with Crippen molar-refractivity contribution in [2.45, 2.75) is 25.5 Å². The van der Waals surface area contributed by atoms with Crippen LogP contribution in [0, 0.1) is 5.92 Å². The molecule has 64 valence electrons. The Morgan fingerprint density at radius 1 is 1.64 bits per heavy atom. The summed E-state index contributed by atoms with van der Waals surface area (Å²) in [7, 11) is 2.24. The number of nitrogens with zero attached hydrogens (tertiary/aromatic N) is 1. The molecular formula is C8H15NO2. The average Bonchev–Trinajstić information content (AvgIpc) is 2.32. The van der Waals surface area contributed by atoms with Gasteiger partial charge < -0.3 is 0 Å². The molecule has 11 heavy (non-hydrogen) atoms. The third-order valence-electron chi connectivity index (χ3n) is 1.33. The highest BCUT2D eigenvalue weighted by atomic mass is 16.7. The van der Waals surface area contributed by atoms with Gasteiger partial charge in [0.2, 0.25) is 5.91 Å². The van der Waals surface area contributed by atoms with Gasteiger partial charge in [0.25, 0.3) is 0 Å². The Balaban J connectivity index is 3.44. The summed E-state index contributed by atoms with van der Waals surface area (Å²) < 4.78 is 60.8. The quantitative estimate of drug-likeness (QED) is 0.575. The maximum absolute atomic E-state index is 12.0. The zero-order chi connectivity index (χ0) is 15.4. The van der Waals surface area contributed by atoms with Gasteiger partial charge in [-0.1, -0.05) is 12.7 Å². The van der Waals surface area contributed by atoms with Gasteiger partial charge in [0.15, 0.2) is 0 Å². The molecule has 0 bridgehead atoms. The maximum atomic E-state index is 12.0. The Morgan fingerprint density at radius 2 is 2.18 bits per heavy atom. The van der Waals surface area contributed by atoms with E-state index in [-0.39, 0.29) is 0 Å². The topological polar surface area (TPSA) is 29.5 Å². The van der Waals surface area contributed by atoms with Crippen molar-refractivity contribution < 1.29 is 20.6 Å². The molecule has 1 aliphatic carbocycles. The lowest BCUT2D eigenvalue weighted by atomic mass is 10.1. The zero-order valence-corrected chi connectivity index (χ0v) is 6.34. The minimum absolute atomic E-state index is 0.567. The first-order chi connectivity index (χ1) is 8.26. The van der Waals surface area contributed by atoms with E-state index < -0.39 is 37.3 Å². The van der Waals surface area contributed by atoms with Crippen molar-refractivity contribution in [1.29, 1.82) is 0 Å². The summed E-state index contributed by atoms with van der Waals surface area (Å²) in [5, 5.41) is 0.567. The van der Waals surface area contributed by atoms with E-state index in [1.165, 1.54) is 0 Å². The molecule has 0 aromatic carbocycles. The second-order valence-corrected chi connectivity index (χ2v) is 1.99. The first-order valence-electron chi connectivity index (χ1n) is 7.08. The van der Waals surface area contributed by atoms with Crippen LogP contribution < -0.4 is 0 Å². The van der Waals surface area contributed by atoms with Gasteiger partial charge in [0.1, 0.15) is 0 Å². The standard InChI is InChI=1S/C8H15NO2/c1-9(11-2)8(10)7-5-3-4-6-7/h7H,3-6H2,1-2H3/i3D2,4D2,5D2,6D2. The number of amides is 1. The summed E-state index contributed by atoms with van der Waals surface area (Å²) in [5.41, 5.74) is 0. The molecule has 0 N–H and O–H groups in total. The number of carbonyl (C=O) groups excluding carboxylic acids is 1. The normalized spacial score (nSPS) is 47.8. The van der Waals surface area contributed by atoms with Gasteiger partial charge >= 0.3 is 0 Å². The number of hydrogen-bond acceptors (Lipinski definition) is 2. The van der Waals surface area contributed by atoms with Crippen LogP contribution in [0.1, 0.15) is 36.5 Å². The van der Waals surface area contributed by atoms with E-state index in [4.69, 9.17) is 11.0 Å². The van der Waals surface area contributed by atoms with Gasteiger partial charge in [-0.15, -0.1) is 0 Å². The Bertz CT molecular complexity index is 370. The summed E-state index contributed by atoms with van der Waals surface area (Å²) >= 11 is 0. The molecule has 1 amide bonds. The Hall–Kier alpha value is -0.570. The van der Waals surface area contributed by atoms with Crippen molar-refractivity contribution in [3.63, 3.8) is 0 Å². The summed E-state index contributed by atoms with van der Waals surface area (Å²) in [4.78, 5) is 16.5. The van der Waals surface area contributed by atoms with Crippen molar-refractivity contribution in [2.75, 3.05) is 14.2 Å². The third kappa shape index (κ3) is 1.93. The van der Waals surface area contributed by atoms with Gasteiger partial charge in [0, 0.05) is 23.9 Å². The monoisotopic (exact) mass is 165 g/mol. The highest BCUT2D eigenvalue weighted by Crippen LogP contribution is 2.25. The Morgan fingerprint density at radius 3 is 2.64 bits per heavy atom. The summed E-state index contributed by atoms with van der Waals surface area (Å²) in [6, 6.07) is 0. The second kappa shape index (κ2) is 3.72. The third-order valence-corrected chi connectivity index (χ3v) is 1.33. The van der Waals surface area contributed by atoms with Crippen LogP contribution in [-0.2, 0) is 9.63 Å². The minimum Gasteiger partial charge on any atom is -0.275 e.